The molecular formula is C21H22N4O4. The van der Waals surface area contributed by atoms with Crippen LogP contribution < -0.4 is 5.84 Å². The molecule has 29 heavy (non-hydrogen) atoms. The monoisotopic (exact) mass is 394 g/mol. The number of urea groups is 1. The normalized spacial score (nSPS) is 20.7. The quantitative estimate of drug-likeness (QED) is 0.362. The Bertz CT molecular complexity index is 905. The van der Waals surface area contributed by atoms with Gasteiger partial charge in [0.1, 0.15) is 12.6 Å². The predicted octanol–water partition coefficient (Wildman–Crippen LogP) is 1.93. The van der Waals surface area contributed by atoms with Crippen LogP contribution in [0.4, 0.5) is 4.79 Å². The third-order valence-electron chi connectivity index (χ3n) is 5.30. The molecule has 150 valence electrons. The highest BCUT2D eigenvalue weighted by Gasteiger charge is 2.49. The van der Waals surface area contributed by atoms with E-state index in [0.717, 1.165) is 5.56 Å². The van der Waals surface area contributed by atoms with Crippen molar-refractivity contribution in [3.8, 4) is 0 Å². The van der Waals surface area contributed by atoms with Gasteiger partial charge < -0.3 is 4.90 Å². The molecule has 2 fully saturated rings. The van der Waals surface area contributed by atoms with E-state index in [2.05, 4.69) is 0 Å². The average Bonchev–Trinajstić information content (AvgIpc) is 3.01. The minimum absolute atomic E-state index is 0.119. The second kappa shape index (κ2) is 8.02. The van der Waals surface area contributed by atoms with Gasteiger partial charge in [0, 0.05) is 12.1 Å². The van der Waals surface area contributed by atoms with Crippen molar-refractivity contribution in [1.82, 2.24) is 15.0 Å². The summed E-state index contributed by atoms with van der Waals surface area (Å²) in [6.45, 7) is 0.641. The number of hydroxylamine groups is 2. The van der Waals surface area contributed by atoms with E-state index in [4.69, 9.17) is 10.7 Å². The fourth-order valence-corrected chi connectivity index (χ4v) is 3.75. The number of piperidine rings is 1. The van der Waals surface area contributed by atoms with Gasteiger partial charge in [0.25, 0.3) is 11.8 Å². The number of fused-ring (bicyclic) bond motifs is 2. The zero-order chi connectivity index (χ0) is 20.4. The second-order valence-corrected chi connectivity index (χ2v) is 7.15. The summed E-state index contributed by atoms with van der Waals surface area (Å²) in [4.78, 5) is 45.3. The smallest absolute Gasteiger partial charge is 0.309 e. The summed E-state index contributed by atoms with van der Waals surface area (Å²) in [5.74, 6) is 4.64. The number of nitrogens with zero attached hydrogens (tertiary/aromatic N) is 3. The molecule has 2 aromatic carbocycles. The van der Waals surface area contributed by atoms with Crippen molar-refractivity contribution in [2.45, 2.75) is 31.5 Å². The van der Waals surface area contributed by atoms with Crippen molar-refractivity contribution in [2.24, 2.45) is 5.84 Å². The molecule has 2 saturated heterocycles. The molecule has 2 bridgehead atoms. The maximum atomic E-state index is 12.9. The highest BCUT2D eigenvalue weighted by Crippen LogP contribution is 2.31. The van der Waals surface area contributed by atoms with Crippen molar-refractivity contribution in [3.63, 3.8) is 0 Å². The van der Waals surface area contributed by atoms with Gasteiger partial charge in [0.2, 0.25) is 0 Å². The van der Waals surface area contributed by atoms with Gasteiger partial charge in [-0.15, -0.1) is 0 Å². The molecule has 2 atom stereocenters. The number of nitrogens with two attached hydrogens (primary N) is 1. The first kappa shape index (κ1) is 19.1. The Kier molecular flexibility index (Phi) is 5.28. The minimum atomic E-state index is -0.776. The van der Waals surface area contributed by atoms with Crippen LogP contribution >= 0.6 is 0 Å². The van der Waals surface area contributed by atoms with Crippen LogP contribution in [0, 0.1) is 0 Å². The SMILES string of the molecule is NN(C(=O)c1ccccc1)C(=O)[C@H]1CC[C@@H]2CN1C(=O)N2OCc1ccccc1. The molecule has 0 saturated carbocycles. The lowest BCUT2D eigenvalue weighted by Gasteiger charge is -2.31. The molecule has 0 aromatic heterocycles. The van der Waals surface area contributed by atoms with Crippen LogP contribution in [-0.4, -0.2) is 51.4 Å². The Hall–Kier alpha value is -3.23. The first-order chi connectivity index (χ1) is 14.1. The van der Waals surface area contributed by atoms with E-state index >= 15 is 0 Å². The number of carbonyl (C=O) groups is 3. The Morgan fingerprint density at radius 1 is 1.03 bits per heavy atom. The van der Waals surface area contributed by atoms with Gasteiger partial charge >= 0.3 is 6.03 Å². The molecule has 4 rings (SSSR count). The van der Waals surface area contributed by atoms with Crippen molar-refractivity contribution in [3.05, 3.63) is 71.8 Å². The van der Waals surface area contributed by atoms with Gasteiger partial charge in [0.15, 0.2) is 0 Å². The van der Waals surface area contributed by atoms with Crippen LogP contribution in [0.5, 0.6) is 0 Å². The van der Waals surface area contributed by atoms with Crippen molar-refractivity contribution >= 4 is 17.8 Å². The molecule has 0 radical (unpaired) electrons. The Morgan fingerprint density at radius 2 is 1.69 bits per heavy atom. The van der Waals surface area contributed by atoms with Crippen LogP contribution in [0.3, 0.4) is 0 Å². The maximum Gasteiger partial charge on any atom is 0.345 e. The van der Waals surface area contributed by atoms with Crippen LogP contribution in [0.15, 0.2) is 60.7 Å². The second-order valence-electron chi connectivity index (χ2n) is 7.15. The van der Waals surface area contributed by atoms with Gasteiger partial charge in [-0.2, -0.15) is 5.06 Å². The zero-order valence-corrected chi connectivity index (χ0v) is 15.8. The van der Waals surface area contributed by atoms with Gasteiger partial charge in [-0.1, -0.05) is 48.5 Å². The third kappa shape index (κ3) is 3.72. The van der Waals surface area contributed by atoms with E-state index in [-0.39, 0.29) is 18.7 Å². The molecule has 4 amide bonds. The zero-order valence-electron chi connectivity index (χ0n) is 15.8. The van der Waals surface area contributed by atoms with Crippen molar-refractivity contribution in [2.75, 3.05) is 6.54 Å². The molecular weight excluding hydrogens is 372 g/mol. The third-order valence-corrected chi connectivity index (χ3v) is 5.30. The molecule has 2 aliphatic heterocycles. The van der Waals surface area contributed by atoms with Crippen LogP contribution in [0.1, 0.15) is 28.8 Å². The molecule has 2 heterocycles. The molecule has 2 aliphatic rings. The number of benzene rings is 2. The van der Waals surface area contributed by atoms with Gasteiger partial charge in [0.05, 0.1) is 6.04 Å². The highest BCUT2D eigenvalue weighted by atomic mass is 16.7. The number of rotatable bonds is 5. The summed E-state index contributed by atoms with van der Waals surface area (Å²) in [5.41, 5.74) is 1.27. The number of imide groups is 1. The number of amides is 4. The van der Waals surface area contributed by atoms with E-state index in [1.165, 1.54) is 9.96 Å². The largest absolute Gasteiger partial charge is 0.345 e. The fraction of sp³-hybridized carbons (Fsp3) is 0.286. The molecule has 2 N–H and O–H groups in total. The number of hydrogen-bond acceptors (Lipinski definition) is 5. The summed E-state index contributed by atoms with van der Waals surface area (Å²) in [6.07, 6.45) is 1.02. The maximum absolute atomic E-state index is 12.9. The number of hydrazine groups is 1. The average molecular weight is 394 g/mol. The van der Waals surface area contributed by atoms with Gasteiger partial charge in [-0.05, 0) is 30.5 Å². The summed E-state index contributed by atoms with van der Waals surface area (Å²) >= 11 is 0. The van der Waals surface area contributed by atoms with E-state index < -0.39 is 17.9 Å². The fourth-order valence-electron chi connectivity index (χ4n) is 3.75. The molecule has 8 heteroatoms. The van der Waals surface area contributed by atoms with Gasteiger partial charge in [-0.25, -0.2) is 15.6 Å². The number of hydrogen-bond donors (Lipinski definition) is 1. The Labute approximate surface area is 168 Å². The summed E-state index contributed by atoms with van der Waals surface area (Å²) < 4.78 is 0. The lowest BCUT2D eigenvalue weighted by Crippen LogP contribution is -2.55. The van der Waals surface area contributed by atoms with Crippen molar-refractivity contribution < 1.29 is 19.2 Å². The van der Waals surface area contributed by atoms with Crippen LogP contribution in [0.2, 0.25) is 0 Å². The topological polar surface area (TPSA) is 96.2 Å². The molecule has 8 nitrogen and oxygen atoms in total. The van der Waals surface area contributed by atoms with Crippen LogP contribution in [0.25, 0.3) is 0 Å². The summed E-state index contributed by atoms with van der Waals surface area (Å²) in [5, 5.41) is 1.96. The molecule has 0 aliphatic carbocycles. The number of carbonyl (C=O) groups excluding carboxylic acids is 3. The van der Waals surface area contributed by atoms with E-state index in [1.807, 2.05) is 30.3 Å². The Morgan fingerprint density at radius 3 is 2.38 bits per heavy atom. The summed E-state index contributed by atoms with van der Waals surface area (Å²) in [7, 11) is 0. The molecule has 2 aromatic rings. The Balaban J connectivity index is 1.42. The van der Waals surface area contributed by atoms with E-state index in [1.54, 1.807) is 30.3 Å². The van der Waals surface area contributed by atoms with Gasteiger partial charge in [-0.3, -0.25) is 14.4 Å². The van der Waals surface area contributed by atoms with Crippen LogP contribution in [-0.2, 0) is 16.2 Å². The predicted molar refractivity (Wildman–Crippen MR) is 104 cm³/mol. The molecule has 0 spiro atoms. The highest BCUT2D eigenvalue weighted by molar-refractivity contribution is 6.06. The van der Waals surface area contributed by atoms with Crippen molar-refractivity contribution in [1.29, 1.82) is 0 Å². The first-order valence-electron chi connectivity index (χ1n) is 9.51. The van der Waals surface area contributed by atoms with E-state index in [9.17, 15) is 14.4 Å². The first-order valence-corrected chi connectivity index (χ1v) is 9.51. The lowest BCUT2D eigenvalue weighted by atomic mass is 10.00. The lowest BCUT2D eigenvalue weighted by molar-refractivity contribution is -0.140. The summed E-state index contributed by atoms with van der Waals surface area (Å²) in [6, 6.07) is 16.6. The molecule has 0 unspecified atom stereocenters. The van der Waals surface area contributed by atoms with E-state index in [0.29, 0.717) is 30.0 Å². The standard InChI is InChI=1S/C21H22N4O4/c22-24(19(26)16-9-5-2-6-10-16)20(27)18-12-11-17-13-23(18)21(28)25(17)29-14-15-7-3-1-4-8-15/h1-10,17-18H,11-14,22H2/t17-,18-/m1/s1. The minimum Gasteiger partial charge on any atom is -0.309 e.